The van der Waals surface area contributed by atoms with Gasteiger partial charge in [0.1, 0.15) is 5.75 Å². The fraction of sp³-hybridized carbons (Fsp3) is 0.647. The molecule has 0 aliphatic heterocycles. The van der Waals surface area contributed by atoms with E-state index in [2.05, 4.69) is 49.2 Å². The van der Waals surface area contributed by atoms with Crippen LogP contribution in [0.1, 0.15) is 51.6 Å². The van der Waals surface area contributed by atoms with Gasteiger partial charge in [0.25, 0.3) is 0 Å². The van der Waals surface area contributed by atoms with E-state index in [0.717, 1.165) is 31.6 Å². The van der Waals surface area contributed by atoms with Gasteiger partial charge < -0.3 is 9.57 Å². The second kappa shape index (κ2) is 11.4. The predicted octanol–water partition coefficient (Wildman–Crippen LogP) is 2.95. The summed E-state index contributed by atoms with van der Waals surface area (Å²) < 4.78 is 5.94. The van der Waals surface area contributed by atoms with Crippen LogP contribution in [0.5, 0.6) is 5.75 Å². The molecule has 0 saturated heterocycles. The molecule has 0 aliphatic rings. The fourth-order valence-corrected chi connectivity index (χ4v) is 2.20. The molecule has 1 aromatic rings. The van der Waals surface area contributed by atoms with E-state index in [0.29, 0.717) is 6.61 Å². The summed E-state index contributed by atoms with van der Waals surface area (Å²) in [6.45, 7) is 7.97. The van der Waals surface area contributed by atoms with Gasteiger partial charge in [0, 0.05) is 19.6 Å². The molecule has 22 heavy (non-hydrogen) atoms. The molecule has 5 heteroatoms. The van der Waals surface area contributed by atoms with Crippen LogP contribution in [0, 0.1) is 0 Å². The average Bonchev–Trinajstić information content (AvgIpc) is 2.51. The number of benzene rings is 1. The topological polar surface area (TPSA) is 54.5 Å². The predicted molar refractivity (Wildman–Crippen MR) is 90.6 cm³/mol. The van der Waals surface area contributed by atoms with Gasteiger partial charge in [0.05, 0.1) is 12.7 Å². The van der Waals surface area contributed by atoms with Crippen molar-refractivity contribution in [2.24, 2.45) is 0 Å². The summed E-state index contributed by atoms with van der Waals surface area (Å²) in [5, 5.41) is 0. The second-order valence-corrected chi connectivity index (χ2v) is 5.49. The first kappa shape index (κ1) is 18.9. The van der Waals surface area contributed by atoms with Gasteiger partial charge in [-0.3, -0.25) is 10.9 Å². The first-order valence-electron chi connectivity index (χ1n) is 8.20. The maximum Gasteiger partial charge on any atom is 0.120 e. The molecule has 0 bridgehead atoms. The zero-order valence-corrected chi connectivity index (χ0v) is 14.3. The maximum atomic E-state index is 5.94. The lowest BCUT2D eigenvalue weighted by atomic mass is 10.1. The summed E-state index contributed by atoms with van der Waals surface area (Å²) in [5.74, 6) is 0.939. The van der Waals surface area contributed by atoms with Gasteiger partial charge in [0.15, 0.2) is 0 Å². The molecular formula is C17H31N3O2. The standard InChI is InChI=1S/C17H31N3O2/c1-5-8-14(2)22-17-10-6-9-16(13-17)15(3)20-19-11-7-12-21-18-4/h6,9-10,13-15,18-20H,5,7-8,11-12H2,1-4H3/t14-,15?/m1/s1. The third kappa shape index (κ3) is 7.75. The Bertz CT molecular complexity index is 401. The molecule has 126 valence electrons. The number of hydrazine groups is 1. The van der Waals surface area contributed by atoms with Crippen molar-refractivity contribution in [3.8, 4) is 5.75 Å². The zero-order chi connectivity index (χ0) is 16.2. The Morgan fingerprint density at radius 2 is 2.05 bits per heavy atom. The molecule has 0 spiro atoms. The van der Waals surface area contributed by atoms with E-state index >= 15 is 0 Å². The van der Waals surface area contributed by atoms with Crippen molar-refractivity contribution in [2.45, 2.75) is 52.2 Å². The van der Waals surface area contributed by atoms with Crippen LogP contribution >= 0.6 is 0 Å². The van der Waals surface area contributed by atoms with Crippen molar-refractivity contribution in [3.05, 3.63) is 29.8 Å². The molecular weight excluding hydrogens is 278 g/mol. The molecule has 0 heterocycles. The van der Waals surface area contributed by atoms with Crippen LogP contribution in [0.15, 0.2) is 24.3 Å². The molecule has 0 aliphatic carbocycles. The maximum absolute atomic E-state index is 5.94. The molecule has 5 nitrogen and oxygen atoms in total. The van der Waals surface area contributed by atoms with Crippen LogP contribution in [0.2, 0.25) is 0 Å². The summed E-state index contributed by atoms with van der Waals surface area (Å²) in [7, 11) is 1.77. The average molecular weight is 309 g/mol. The van der Waals surface area contributed by atoms with E-state index in [1.165, 1.54) is 5.56 Å². The number of nitrogens with one attached hydrogen (secondary N) is 3. The Hall–Kier alpha value is -1.14. The highest BCUT2D eigenvalue weighted by atomic mass is 16.6. The molecule has 0 amide bonds. The molecule has 0 saturated carbocycles. The Kier molecular flexibility index (Phi) is 9.82. The number of hydrogen-bond acceptors (Lipinski definition) is 5. The normalized spacial score (nSPS) is 13.8. The highest BCUT2D eigenvalue weighted by Gasteiger charge is 2.07. The van der Waals surface area contributed by atoms with E-state index in [4.69, 9.17) is 9.57 Å². The molecule has 0 aromatic heterocycles. The Morgan fingerprint density at radius 3 is 2.77 bits per heavy atom. The Labute approximate surface area is 134 Å². The van der Waals surface area contributed by atoms with Crippen LogP contribution in [0.25, 0.3) is 0 Å². The van der Waals surface area contributed by atoms with Gasteiger partial charge in [-0.25, -0.2) is 5.48 Å². The van der Waals surface area contributed by atoms with Gasteiger partial charge in [-0.2, -0.15) is 0 Å². The minimum Gasteiger partial charge on any atom is -0.491 e. The summed E-state index contributed by atoms with van der Waals surface area (Å²) in [4.78, 5) is 5.06. The van der Waals surface area contributed by atoms with E-state index < -0.39 is 0 Å². The molecule has 0 fully saturated rings. The summed E-state index contributed by atoms with van der Waals surface area (Å²) in [5.41, 5.74) is 10.4. The lowest BCUT2D eigenvalue weighted by Crippen LogP contribution is -2.35. The highest BCUT2D eigenvalue weighted by molar-refractivity contribution is 5.30. The number of ether oxygens (including phenoxy) is 1. The third-order valence-corrected chi connectivity index (χ3v) is 3.40. The number of rotatable bonds is 12. The van der Waals surface area contributed by atoms with Crippen molar-refractivity contribution in [1.82, 2.24) is 16.3 Å². The lowest BCUT2D eigenvalue weighted by molar-refractivity contribution is 0.0558. The highest BCUT2D eigenvalue weighted by Crippen LogP contribution is 2.20. The van der Waals surface area contributed by atoms with Crippen molar-refractivity contribution in [3.63, 3.8) is 0 Å². The van der Waals surface area contributed by atoms with Crippen molar-refractivity contribution in [1.29, 1.82) is 0 Å². The van der Waals surface area contributed by atoms with Gasteiger partial charge in [-0.05, 0) is 44.4 Å². The van der Waals surface area contributed by atoms with Gasteiger partial charge >= 0.3 is 0 Å². The molecule has 1 aromatic carbocycles. The summed E-state index contributed by atoms with van der Waals surface area (Å²) >= 11 is 0. The van der Waals surface area contributed by atoms with Crippen LogP contribution in [-0.4, -0.2) is 26.3 Å². The monoisotopic (exact) mass is 309 g/mol. The number of hydroxylamine groups is 1. The van der Waals surface area contributed by atoms with Crippen LogP contribution in [0.3, 0.4) is 0 Å². The van der Waals surface area contributed by atoms with Gasteiger partial charge in [-0.15, -0.1) is 0 Å². The van der Waals surface area contributed by atoms with E-state index in [9.17, 15) is 0 Å². The van der Waals surface area contributed by atoms with Crippen molar-refractivity contribution < 1.29 is 9.57 Å². The smallest absolute Gasteiger partial charge is 0.120 e. The molecule has 2 atom stereocenters. The SMILES string of the molecule is CCC[C@@H](C)Oc1cccc(C(C)NNCCCONC)c1. The largest absolute Gasteiger partial charge is 0.491 e. The molecule has 1 unspecified atom stereocenters. The quantitative estimate of drug-likeness (QED) is 0.409. The molecule has 1 rings (SSSR count). The summed E-state index contributed by atoms with van der Waals surface area (Å²) in [6.07, 6.45) is 3.42. The summed E-state index contributed by atoms with van der Waals surface area (Å²) in [6, 6.07) is 8.50. The van der Waals surface area contributed by atoms with E-state index in [-0.39, 0.29) is 12.1 Å². The van der Waals surface area contributed by atoms with Gasteiger partial charge in [-0.1, -0.05) is 25.5 Å². The second-order valence-electron chi connectivity index (χ2n) is 5.49. The minimum absolute atomic E-state index is 0.218. The van der Waals surface area contributed by atoms with Crippen molar-refractivity contribution >= 4 is 0 Å². The van der Waals surface area contributed by atoms with E-state index in [1.54, 1.807) is 7.05 Å². The minimum atomic E-state index is 0.218. The first-order valence-corrected chi connectivity index (χ1v) is 8.20. The molecule has 3 N–H and O–H groups in total. The van der Waals surface area contributed by atoms with Gasteiger partial charge in [0.2, 0.25) is 0 Å². The number of hydrogen-bond donors (Lipinski definition) is 3. The lowest BCUT2D eigenvalue weighted by Gasteiger charge is -2.18. The fourth-order valence-electron chi connectivity index (χ4n) is 2.20. The first-order chi connectivity index (χ1) is 10.7. The van der Waals surface area contributed by atoms with Crippen LogP contribution in [0.4, 0.5) is 0 Å². The van der Waals surface area contributed by atoms with Crippen molar-refractivity contribution in [2.75, 3.05) is 20.2 Å². The Balaban J connectivity index is 2.37. The van der Waals surface area contributed by atoms with Crippen LogP contribution in [-0.2, 0) is 4.84 Å². The Morgan fingerprint density at radius 1 is 1.23 bits per heavy atom. The third-order valence-electron chi connectivity index (χ3n) is 3.40. The zero-order valence-electron chi connectivity index (χ0n) is 14.3. The molecule has 0 radical (unpaired) electrons. The van der Waals surface area contributed by atoms with E-state index in [1.807, 2.05) is 12.1 Å². The van der Waals surface area contributed by atoms with Crippen LogP contribution < -0.4 is 21.1 Å².